The molecule has 1 aromatic heterocycles. The highest BCUT2D eigenvalue weighted by Gasteiger charge is 2.35. The molecule has 1 heterocycles. The number of aryl methyl sites for hydroxylation is 1. The number of hydrogen-bond donors (Lipinski definition) is 0. The second-order valence-electron chi connectivity index (χ2n) is 9.25. The summed E-state index contributed by atoms with van der Waals surface area (Å²) >= 11 is 0. The molecule has 0 N–H and O–H groups in total. The number of alkyl halides is 3. The van der Waals surface area contributed by atoms with Gasteiger partial charge in [-0.3, -0.25) is 4.79 Å². The molecule has 8 heteroatoms. The van der Waals surface area contributed by atoms with Gasteiger partial charge in [0.15, 0.2) is 5.78 Å². The molecule has 0 bridgehead atoms. The lowest BCUT2D eigenvalue weighted by Gasteiger charge is -2.15. The molecule has 5 rings (SSSR count). The SMILES string of the molecule is Cc1ccc(S(=O)(=O)n2c(CCC(=O)c3ccccc3C(F)(F)F)c(-c3ccccc3)c3ccccc32)cc1. The summed E-state index contributed by atoms with van der Waals surface area (Å²) in [6.45, 7) is 1.85. The van der Waals surface area contributed by atoms with Gasteiger partial charge in [0.1, 0.15) is 0 Å². The molecule has 4 nitrogen and oxygen atoms in total. The van der Waals surface area contributed by atoms with Crippen molar-refractivity contribution in [3.05, 3.63) is 126 Å². The van der Waals surface area contributed by atoms with Crippen molar-refractivity contribution in [3.63, 3.8) is 0 Å². The normalized spacial score (nSPS) is 12.1. The zero-order chi connectivity index (χ0) is 27.8. The Bertz CT molecular complexity index is 1770. The Kier molecular flexibility index (Phi) is 6.91. The van der Waals surface area contributed by atoms with Crippen LogP contribution in [0.15, 0.2) is 108 Å². The van der Waals surface area contributed by atoms with E-state index in [0.29, 0.717) is 22.2 Å². The monoisotopic (exact) mass is 547 g/mol. The molecule has 0 aliphatic rings. The van der Waals surface area contributed by atoms with Crippen molar-refractivity contribution in [1.29, 1.82) is 0 Å². The van der Waals surface area contributed by atoms with Gasteiger partial charge in [-0.05, 0) is 43.2 Å². The van der Waals surface area contributed by atoms with Gasteiger partial charge in [0.05, 0.1) is 16.0 Å². The van der Waals surface area contributed by atoms with Crippen LogP contribution in [-0.4, -0.2) is 18.2 Å². The zero-order valence-electron chi connectivity index (χ0n) is 20.9. The predicted molar refractivity (Wildman–Crippen MR) is 145 cm³/mol. The number of Topliss-reactive ketones (excluding diaryl/α,β-unsaturated/α-hetero) is 1. The molecule has 0 aliphatic heterocycles. The maximum Gasteiger partial charge on any atom is 0.417 e. The standard InChI is InChI=1S/C31H24F3NO3S/c1-21-15-17-23(18-16-21)39(37,38)35-27-14-8-6-12-25(27)30(22-9-3-2-4-10-22)28(35)19-20-29(36)24-11-5-7-13-26(24)31(32,33)34/h2-18H,19-20H2,1H3. The number of ketones is 1. The van der Waals surface area contributed by atoms with Crippen LogP contribution in [0.4, 0.5) is 13.2 Å². The fourth-order valence-corrected chi connectivity index (χ4v) is 6.43. The van der Waals surface area contributed by atoms with E-state index in [4.69, 9.17) is 0 Å². The van der Waals surface area contributed by atoms with Crippen molar-refractivity contribution < 1.29 is 26.4 Å². The van der Waals surface area contributed by atoms with Gasteiger partial charge in [-0.1, -0.05) is 84.4 Å². The smallest absolute Gasteiger partial charge is 0.294 e. The molecule has 0 saturated heterocycles. The third-order valence-corrected chi connectivity index (χ3v) is 8.44. The maximum absolute atomic E-state index is 14.1. The quantitative estimate of drug-likeness (QED) is 0.196. The van der Waals surface area contributed by atoms with E-state index in [-0.39, 0.29) is 17.7 Å². The van der Waals surface area contributed by atoms with Crippen molar-refractivity contribution in [3.8, 4) is 11.1 Å². The Morgan fingerprint density at radius 2 is 1.41 bits per heavy atom. The second kappa shape index (κ2) is 10.2. The summed E-state index contributed by atoms with van der Waals surface area (Å²) < 4.78 is 70.1. The van der Waals surface area contributed by atoms with Gasteiger partial charge in [0.2, 0.25) is 0 Å². The highest BCUT2D eigenvalue weighted by atomic mass is 32.2. The number of carbonyl (C=O) groups is 1. The Hall–Kier alpha value is -4.17. The molecule has 4 aromatic carbocycles. The average molecular weight is 548 g/mol. The summed E-state index contributed by atoms with van der Waals surface area (Å²) in [5.74, 6) is -0.716. The van der Waals surface area contributed by atoms with Crippen LogP contribution < -0.4 is 0 Å². The molecule has 0 saturated carbocycles. The van der Waals surface area contributed by atoms with Crippen molar-refractivity contribution in [1.82, 2.24) is 3.97 Å². The first-order valence-electron chi connectivity index (χ1n) is 12.3. The molecular weight excluding hydrogens is 523 g/mol. The molecule has 0 atom stereocenters. The van der Waals surface area contributed by atoms with Gasteiger partial charge in [-0.25, -0.2) is 12.4 Å². The minimum absolute atomic E-state index is 0.0726. The van der Waals surface area contributed by atoms with E-state index in [9.17, 15) is 26.4 Å². The second-order valence-corrected chi connectivity index (χ2v) is 11.0. The van der Waals surface area contributed by atoms with Crippen LogP contribution in [0.2, 0.25) is 0 Å². The number of carbonyl (C=O) groups excluding carboxylic acids is 1. The van der Waals surface area contributed by atoms with Gasteiger partial charge >= 0.3 is 6.18 Å². The number of hydrogen-bond acceptors (Lipinski definition) is 3. The first kappa shape index (κ1) is 26.4. The summed E-state index contributed by atoms with van der Waals surface area (Å²) in [6.07, 6.45) is -5.09. The van der Waals surface area contributed by atoms with Crippen LogP contribution >= 0.6 is 0 Å². The van der Waals surface area contributed by atoms with Crippen LogP contribution in [0.1, 0.15) is 33.6 Å². The minimum Gasteiger partial charge on any atom is -0.294 e. The number of benzene rings is 4. The number of para-hydroxylation sites is 1. The van der Waals surface area contributed by atoms with E-state index in [1.807, 2.05) is 43.3 Å². The fraction of sp³-hybridized carbons (Fsp3) is 0.129. The number of rotatable bonds is 7. The van der Waals surface area contributed by atoms with Crippen molar-refractivity contribution in [2.24, 2.45) is 0 Å². The summed E-state index contributed by atoms with van der Waals surface area (Å²) in [5.41, 5.74) is 1.58. The molecule has 198 valence electrons. The molecule has 0 unspecified atom stereocenters. The van der Waals surface area contributed by atoms with E-state index in [1.54, 1.807) is 30.3 Å². The lowest BCUT2D eigenvalue weighted by Crippen LogP contribution is -2.18. The average Bonchev–Trinajstić information content (AvgIpc) is 3.27. The topological polar surface area (TPSA) is 56.1 Å². The first-order valence-corrected chi connectivity index (χ1v) is 13.7. The lowest BCUT2D eigenvalue weighted by molar-refractivity contribution is -0.137. The molecule has 0 fully saturated rings. The van der Waals surface area contributed by atoms with Crippen molar-refractivity contribution in [2.75, 3.05) is 0 Å². The van der Waals surface area contributed by atoms with Crippen LogP contribution in [-0.2, 0) is 22.6 Å². The Labute approximate surface area is 224 Å². The van der Waals surface area contributed by atoms with Crippen LogP contribution in [0.3, 0.4) is 0 Å². The van der Waals surface area contributed by atoms with Gasteiger partial charge < -0.3 is 0 Å². The van der Waals surface area contributed by atoms with Crippen molar-refractivity contribution >= 4 is 26.7 Å². The largest absolute Gasteiger partial charge is 0.417 e. The molecular formula is C31H24F3NO3S. The van der Waals surface area contributed by atoms with Crippen molar-refractivity contribution in [2.45, 2.75) is 30.8 Å². The number of fused-ring (bicyclic) bond motifs is 1. The Morgan fingerprint density at radius 1 is 0.795 bits per heavy atom. The Morgan fingerprint density at radius 3 is 2.10 bits per heavy atom. The van der Waals surface area contributed by atoms with Gasteiger partial charge in [-0.15, -0.1) is 0 Å². The fourth-order valence-electron chi connectivity index (χ4n) is 4.85. The Balaban J connectivity index is 1.70. The van der Waals surface area contributed by atoms with Crippen LogP contribution in [0, 0.1) is 6.92 Å². The highest BCUT2D eigenvalue weighted by Crippen LogP contribution is 2.39. The third kappa shape index (κ3) is 5.00. The van der Waals surface area contributed by atoms with E-state index >= 15 is 0 Å². The summed E-state index contributed by atoms with van der Waals surface area (Å²) in [4.78, 5) is 13.2. The summed E-state index contributed by atoms with van der Waals surface area (Å²) in [5, 5.41) is 0.664. The number of nitrogens with zero attached hydrogens (tertiary/aromatic N) is 1. The van der Waals surface area contributed by atoms with E-state index in [2.05, 4.69) is 0 Å². The third-order valence-electron chi connectivity index (χ3n) is 6.67. The summed E-state index contributed by atoms with van der Waals surface area (Å²) in [6, 6.07) is 27.3. The molecule has 0 spiro atoms. The predicted octanol–water partition coefficient (Wildman–Crippen LogP) is 7.69. The van der Waals surface area contributed by atoms with E-state index in [1.165, 1.54) is 28.2 Å². The molecule has 5 aromatic rings. The van der Waals surface area contributed by atoms with Gasteiger partial charge in [-0.2, -0.15) is 13.2 Å². The molecule has 0 radical (unpaired) electrons. The lowest BCUT2D eigenvalue weighted by atomic mass is 9.96. The molecule has 0 aliphatic carbocycles. The van der Waals surface area contributed by atoms with Gasteiger partial charge in [0.25, 0.3) is 10.0 Å². The number of halogens is 3. The minimum atomic E-state index is -4.69. The zero-order valence-corrected chi connectivity index (χ0v) is 21.8. The maximum atomic E-state index is 14.1. The van der Waals surface area contributed by atoms with Crippen LogP contribution in [0.5, 0.6) is 0 Å². The van der Waals surface area contributed by atoms with Crippen LogP contribution in [0.25, 0.3) is 22.0 Å². The highest BCUT2D eigenvalue weighted by molar-refractivity contribution is 7.90. The van der Waals surface area contributed by atoms with Gasteiger partial charge in [0, 0.05) is 28.6 Å². The summed E-state index contributed by atoms with van der Waals surface area (Å²) in [7, 11) is -4.12. The van der Waals surface area contributed by atoms with E-state index in [0.717, 1.165) is 23.3 Å². The molecule has 39 heavy (non-hydrogen) atoms. The number of aromatic nitrogens is 1. The first-order chi connectivity index (χ1) is 18.6. The van der Waals surface area contributed by atoms with E-state index < -0.39 is 33.1 Å². The molecule has 0 amide bonds.